The van der Waals surface area contributed by atoms with Crippen molar-refractivity contribution in [2.45, 2.75) is 65.7 Å². The highest BCUT2D eigenvalue weighted by Crippen LogP contribution is 2.50. The number of aryl methyl sites for hydroxylation is 2. The summed E-state index contributed by atoms with van der Waals surface area (Å²) in [5.74, 6) is 1.30. The van der Waals surface area contributed by atoms with Crippen molar-refractivity contribution in [3.8, 4) is 11.5 Å². The first-order valence-electron chi connectivity index (χ1n) is 10.6. The maximum Gasteiger partial charge on any atom is 0.288 e. The molecule has 0 spiro atoms. The summed E-state index contributed by atoms with van der Waals surface area (Å²) in [6.07, 6.45) is 6.39. The summed E-state index contributed by atoms with van der Waals surface area (Å²) in [6, 6.07) is 11.7. The number of rotatable bonds is 10. The van der Waals surface area contributed by atoms with E-state index in [1.807, 2.05) is 43.3 Å². The molecule has 6 heteroatoms. The standard InChI is InChI=1S/C23H31NO4S/c1-4-7-11-18-13-10-16-21-22(18)24(28-29(25,26)17-6-3)20-15-9-14-19(12-8-5-2)23(20)27-21/h9-10,13-16H,4-8,11-12,17H2,1-3H3. The van der Waals surface area contributed by atoms with Crippen LogP contribution in [0.25, 0.3) is 0 Å². The SMILES string of the molecule is CCCCc1cccc2c1Oc1cccc(CCCC)c1N2OS(=O)(=O)CCC. The third-order valence-corrected chi connectivity index (χ3v) is 6.32. The Bertz CT molecular complexity index is 940. The van der Waals surface area contributed by atoms with Gasteiger partial charge in [-0.1, -0.05) is 57.9 Å². The molecule has 0 saturated carbocycles. The van der Waals surface area contributed by atoms with Crippen LogP contribution < -0.4 is 9.80 Å². The largest absolute Gasteiger partial charge is 0.452 e. The van der Waals surface area contributed by atoms with Gasteiger partial charge in [-0.15, -0.1) is 4.28 Å². The predicted molar refractivity (Wildman–Crippen MR) is 117 cm³/mol. The van der Waals surface area contributed by atoms with E-state index in [2.05, 4.69) is 13.8 Å². The van der Waals surface area contributed by atoms with Crippen LogP contribution >= 0.6 is 0 Å². The molecule has 0 atom stereocenters. The van der Waals surface area contributed by atoms with Crippen molar-refractivity contribution < 1.29 is 17.4 Å². The number of nitrogens with zero attached hydrogens (tertiary/aromatic N) is 1. The van der Waals surface area contributed by atoms with Gasteiger partial charge in [0, 0.05) is 0 Å². The highest BCUT2D eigenvalue weighted by Gasteiger charge is 2.32. The first-order chi connectivity index (χ1) is 14.0. The lowest BCUT2D eigenvalue weighted by Crippen LogP contribution is -2.28. The minimum Gasteiger partial charge on any atom is -0.452 e. The van der Waals surface area contributed by atoms with Gasteiger partial charge in [0.25, 0.3) is 10.1 Å². The van der Waals surface area contributed by atoms with E-state index in [0.717, 1.165) is 49.7 Å². The van der Waals surface area contributed by atoms with Crippen LogP contribution in [0.15, 0.2) is 36.4 Å². The van der Waals surface area contributed by atoms with Gasteiger partial charge < -0.3 is 4.74 Å². The first kappa shape index (κ1) is 21.7. The fraction of sp³-hybridized carbons (Fsp3) is 0.478. The maximum atomic E-state index is 12.6. The molecule has 1 aliphatic rings. The Morgan fingerprint density at radius 3 is 2.24 bits per heavy atom. The van der Waals surface area contributed by atoms with Crippen molar-refractivity contribution in [1.29, 1.82) is 0 Å². The Morgan fingerprint density at radius 2 is 1.55 bits per heavy atom. The molecular weight excluding hydrogens is 386 g/mol. The summed E-state index contributed by atoms with van der Waals surface area (Å²) in [6.45, 7) is 6.12. The van der Waals surface area contributed by atoms with Gasteiger partial charge in [-0.2, -0.15) is 13.5 Å². The number of fused-ring (bicyclic) bond motifs is 2. The molecule has 29 heavy (non-hydrogen) atoms. The van der Waals surface area contributed by atoms with Gasteiger partial charge >= 0.3 is 0 Å². The van der Waals surface area contributed by atoms with Gasteiger partial charge in [0.2, 0.25) is 0 Å². The molecule has 0 unspecified atom stereocenters. The molecule has 0 aromatic heterocycles. The van der Waals surface area contributed by atoms with Crippen LogP contribution in [0.4, 0.5) is 11.4 Å². The van der Waals surface area contributed by atoms with Gasteiger partial charge in [-0.05, 0) is 55.4 Å². The Morgan fingerprint density at radius 1 is 0.897 bits per heavy atom. The molecule has 2 aromatic rings. The smallest absolute Gasteiger partial charge is 0.288 e. The van der Waals surface area contributed by atoms with Gasteiger partial charge in [0.05, 0.1) is 5.75 Å². The van der Waals surface area contributed by atoms with Crippen molar-refractivity contribution in [3.63, 3.8) is 0 Å². The van der Waals surface area contributed by atoms with Gasteiger partial charge in [0.1, 0.15) is 11.4 Å². The van der Waals surface area contributed by atoms with E-state index in [1.165, 1.54) is 5.06 Å². The monoisotopic (exact) mass is 417 g/mol. The zero-order valence-corrected chi connectivity index (χ0v) is 18.4. The fourth-order valence-electron chi connectivity index (χ4n) is 3.57. The van der Waals surface area contributed by atoms with Crippen molar-refractivity contribution in [1.82, 2.24) is 0 Å². The van der Waals surface area contributed by atoms with Crippen LogP contribution in [-0.4, -0.2) is 14.2 Å². The lowest BCUT2D eigenvalue weighted by molar-refractivity contribution is 0.306. The molecule has 0 aliphatic carbocycles. The number of ether oxygens (including phenoxy) is 1. The average Bonchev–Trinajstić information content (AvgIpc) is 2.70. The molecule has 1 aliphatic heterocycles. The Balaban J connectivity index is 2.12. The summed E-state index contributed by atoms with van der Waals surface area (Å²) in [7, 11) is -3.71. The van der Waals surface area contributed by atoms with E-state index in [4.69, 9.17) is 9.02 Å². The first-order valence-corrected chi connectivity index (χ1v) is 12.2. The normalized spacial score (nSPS) is 13.0. The maximum absolute atomic E-state index is 12.6. The summed E-state index contributed by atoms with van der Waals surface area (Å²) in [4.78, 5) is 0. The van der Waals surface area contributed by atoms with Crippen LogP contribution in [-0.2, 0) is 27.2 Å². The molecule has 2 aromatic carbocycles. The van der Waals surface area contributed by atoms with Crippen LogP contribution in [0, 0.1) is 0 Å². The highest BCUT2D eigenvalue weighted by atomic mass is 32.2. The third-order valence-electron chi connectivity index (χ3n) is 5.03. The fourth-order valence-corrected chi connectivity index (χ4v) is 4.53. The molecule has 3 rings (SSSR count). The number of unbranched alkanes of at least 4 members (excludes halogenated alkanes) is 2. The number of benzene rings is 2. The summed E-state index contributed by atoms with van der Waals surface area (Å²) in [5.41, 5.74) is 3.44. The molecule has 5 nitrogen and oxygen atoms in total. The van der Waals surface area contributed by atoms with Gasteiger partial charge in [0.15, 0.2) is 11.5 Å². The van der Waals surface area contributed by atoms with E-state index in [-0.39, 0.29) is 5.75 Å². The Hall–Kier alpha value is -2.05. The number of para-hydroxylation sites is 2. The number of hydrogen-bond acceptors (Lipinski definition) is 5. The number of hydrogen-bond donors (Lipinski definition) is 0. The lowest BCUT2D eigenvalue weighted by Gasteiger charge is -2.33. The van der Waals surface area contributed by atoms with E-state index in [0.29, 0.717) is 29.3 Å². The van der Waals surface area contributed by atoms with Gasteiger partial charge in [-0.3, -0.25) is 0 Å². The second-order valence-electron chi connectivity index (χ2n) is 7.47. The summed E-state index contributed by atoms with van der Waals surface area (Å²) < 4.78 is 37.2. The van der Waals surface area contributed by atoms with E-state index < -0.39 is 10.1 Å². The van der Waals surface area contributed by atoms with Crippen molar-refractivity contribution >= 4 is 21.5 Å². The molecule has 0 bridgehead atoms. The average molecular weight is 418 g/mol. The second-order valence-corrected chi connectivity index (χ2v) is 9.14. The summed E-state index contributed by atoms with van der Waals surface area (Å²) in [5, 5.41) is 1.49. The molecule has 0 saturated heterocycles. The minimum atomic E-state index is -3.71. The molecule has 0 amide bonds. The zero-order valence-electron chi connectivity index (χ0n) is 17.6. The molecule has 0 fully saturated rings. The number of anilines is 2. The van der Waals surface area contributed by atoms with Gasteiger partial charge in [-0.25, -0.2) is 0 Å². The van der Waals surface area contributed by atoms with Crippen LogP contribution in [0.1, 0.15) is 64.0 Å². The molecule has 158 valence electrons. The minimum absolute atomic E-state index is 0.0261. The Labute approximate surface area is 174 Å². The lowest BCUT2D eigenvalue weighted by atomic mass is 10.0. The van der Waals surface area contributed by atoms with Crippen molar-refractivity contribution in [2.75, 3.05) is 10.8 Å². The second kappa shape index (κ2) is 9.63. The topological polar surface area (TPSA) is 55.8 Å². The predicted octanol–water partition coefficient (Wildman–Crippen LogP) is 6.29. The quantitative estimate of drug-likeness (QED) is 0.455. The molecule has 0 N–H and O–H groups in total. The third kappa shape index (κ3) is 4.93. The van der Waals surface area contributed by atoms with E-state index in [1.54, 1.807) is 0 Å². The Kier molecular flexibility index (Phi) is 7.19. The van der Waals surface area contributed by atoms with Crippen LogP contribution in [0.3, 0.4) is 0 Å². The van der Waals surface area contributed by atoms with Crippen molar-refractivity contribution in [2.24, 2.45) is 0 Å². The van der Waals surface area contributed by atoms with E-state index >= 15 is 0 Å². The van der Waals surface area contributed by atoms with Crippen LogP contribution in [0.5, 0.6) is 11.5 Å². The van der Waals surface area contributed by atoms with Crippen molar-refractivity contribution in [3.05, 3.63) is 47.5 Å². The summed E-state index contributed by atoms with van der Waals surface area (Å²) >= 11 is 0. The zero-order chi connectivity index (χ0) is 20.9. The highest BCUT2D eigenvalue weighted by molar-refractivity contribution is 7.86. The van der Waals surface area contributed by atoms with E-state index in [9.17, 15) is 8.42 Å². The molecule has 0 radical (unpaired) electrons. The van der Waals surface area contributed by atoms with Crippen LogP contribution in [0.2, 0.25) is 0 Å². The molecular formula is C23H31NO4S. The molecule has 1 heterocycles.